The van der Waals surface area contributed by atoms with Gasteiger partial charge in [0, 0.05) is 12.4 Å². The molecule has 2 aromatic rings. The number of hydrogen-bond donors (Lipinski definition) is 1. The monoisotopic (exact) mass is 216 g/mol. The molecule has 0 amide bonds. The van der Waals surface area contributed by atoms with Crippen LogP contribution in [0.1, 0.15) is 24.7 Å². The highest BCUT2D eigenvalue weighted by Gasteiger charge is 2.20. The Hall–Kier alpha value is -1.82. The van der Waals surface area contributed by atoms with Crippen molar-refractivity contribution in [1.29, 1.82) is 0 Å². The van der Waals surface area contributed by atoms with Crippen molar-refractivity contribution in [2.24, 2.45) is 0 Å². The second-order valence-electron chi connectivity index (χ2n) is 3.79. The van der Waals surface area contributed by atoms with Crippen LogP contribution in [0.15, 0.2) is 24.5 Å². The Kier molecular flexibility index (Phi) is 2.34. The lowest BCUT2D eigenvalue weighted by Crippen LogP contribution is -2.14. The van der Waals surface area contributed by atoms with Crippen molar-refractivity contribution in [2.45, 2.75) is 18.9 Å². The molecule has 6 nitrogen and oxygen atoms in total. The molecule has 0 bridgehead atoms. The van der Waals surface area contributed by atoms with E-state index in [0.29, 0.717) is 0 Å². The zero-order valence-corrected chi connectivity index (χ0v) is 8.74. The summed E-state index contributed by atoms with van der Waals surface area (Å²) in [6.07, 6.45) is 5.69. The first-order chi connectivity index (χ1) is 7.93. The van der Waals surface area contributed by atoms with E-state index in [9.17, 15) is 0 Å². The van der Waals surface area contributed by atoms with Crippen LogP contribution < -0.4 is 5.32 Å². The molecule has 3 heterocycles. The minimum Gasteiger partial charge on any atom is -0.307 e. The standard InChI is InChI=1S/C10H12N6/c1-2-9(12-5-1)10-13-15-16(14-10)8-3-6-11-7-4-8/h3-4,6-7,9,12H,1-2,5H2. The van der Waals surface area contributed by atoms with Gasteiger partial charge in [-0.2, -0.15) is 0 Å². The fraction of sp³-hybridized carbons (Fsp3) is 0.400. The summed E-state index contributed by atoms with van der Waals surface area (Å²) in [6, 6.07) is 3.97. The normalized spacial score (nSPS) is 20.1. The highest BCUT2D eigenvalue weighted by molar-refractivity contribution is 5.25. The zero-order chi connectivity index (χ0) is 10.8. The summed E-state index contributed by atoms with van der Waals surface area (Å²) in [5.74, 6) is 0.773. The first-order valence-electron chi connectivity index (χ1n) is 5.37. The molecule has 6 heteroatoms. The van der Waals surface area contributed by atoms with Crippen molar-refractivity contribution in [3.8, 4) is 5.69 Å². The summed E-state index contributed by atoms with van der Waals surface area (Å²) >= 11 is 0. The van der Waals surface area contributed by atoms with Crippen molar-refractivity contribution >= 4 is 0 Å². The van der Waals surface area contributed by atoms with E-state index in [1.165, 1.54) is 11.2 Å². The van der Waals surface area contributed by atoms with Crippen LogP contribution >= 0.6 is 0 Å². The molecule has 2 aromatic heterocycles. The summed E-state index contributed by atoms with van der Waals surface area (Å²) in [4.78, 5) is 5.49. The van der Waals surface area contributed by atoms with E-state index in [-0.39, 0.29) is 6.04 Å². The molecule has 1 fully saturated rings. The number of pyridine rings is 1. The molecule has 0 aliphatic carbocycles. The lowest BCUT2D eigenvalue weighted by atomic mass is 10.2. The Morgan fingerprint density at radius 3 is 2.94 bits per heavy atom. The topological polar surface area (TPSA) is 68.5 Å². The van der Waals surface area contributed by atoms with E-state index < -0.39 is 0 Å². The second kappa shape index (κ2) is 3.97. The lowest BCUT2D eigenvalue weighted by molar-refractivity contribution is 0.602. The predicted octanol–water partition coefficient (Wildman–Crippen LogP) is 0.482. The van der Waals surface area contributed by atoms with Gasteiger partial charge in [0.05, 0.1) is 11.7 Å². The molecule has 0 saturated carbocycles. The van der Waals surface area contributed by atoms with Crippen molar-refractivity contribution in [2.75, 3.05) is 6.54 Å². The van der Waals surface area contributed by atoms with Gasteiger partial charge >= 0.3 is 0 Å². The quantitative estimate of drug-likeness (QED) is 0.790. The Morgan fingerprint density at radius 1 is 1.31 bits per heavy atom. The van der Waals surface area contributed by atoms with Gasteiger partial charge < -0.3 is 5.32 Å². The number of rotatable bonds is 2. The highest BCUT2D eigenvalue weighted by Crippen LogP contribution is 2.18. The Labute approximate surface area is 92.7 Å². The number of nitrogens with zero attached hydrogens (tertiary/aromatic N) is 5. The number of tetrazole rings is 1. The van der Waals surface area contributed by atoms with Crippen LogP contribution in [0.5, 0.6) is 0 Å². The zero-order valence-electron chi connectivity index (χ0n) is 8.74. The first kappa shape index (κ1) is 9.41. The number of nitrogens with one attached hydrogen (secondary N) is 1. The predicted molar refractivity (Wildman–Crippen MR) is 56.9 cm³/mol. The summed E-state index contributed by atoms with van der Waals surface area (Å²) in [6.45, 7) is 1.04. The Balaban J connectivity index is 1.87. The van der Waals surface area contributed by atoms with Crippen molar-refractivity contribution < 1.29 is 0 Å². The minimum absolute atomic E-state index is 0.260. The molecule has 0 spiro atoms. The third-order valence-corrected chi connectivity index (χ3v) is 2.69. The van der Waals surface area contributed by atoms with E-state index in [1.54, 1.807) is 12.4 Å². The first-order valence-corrected chi connectivity index (χ1v) is 5.37. The molecule has 0 aromatic carbocycles. The van der Waals surface area contributed by atoms with Gasteiger partial charge in [-0.1, -0.05) is 0 Å². The molecule has 82 valence electrons. The molecule has 16 heavy (non-hydrogen) atoms. The molecule has 3 rings (SSSR count). The SMILES string of the molecule is c1cc(-n2nnc(C3CCCN3)n2)ccn1. The molecule has 0 radical (unpaired) electrons. The van der Waals surface area contributed by atoms with Gasteiger partial charge in [0.25, 0.3) is 0 Å². The van der Waals surface area contributed by atoms with Crippen molar-refractivity contribution in [1.82, 2.24) is 30.5 Å². The van der Waals surface area contributed by atoms with Crippen LogP contribution in [-0.4, -0.2) is 31.7 Å². The summed E-state index contributed by atoms with van der Waals surface area (Å²) in [7, 11) is 0. The molecular weight excluding hydrogens is 204 g/mol. The number of aromatic nitrogens is 5. The van der Waals surface area contributed by atoms with Crippen LogP contribution in [-0.2, 0) is 0 Å². The molecule has 1 unspecified atom stereocenters. The maximum atomic E-state index is 4.37. The average Bonchev–Trinajstić information content (AvgIpc) is 3.01. The van der Waals surface area contributed by atoms with Gasteiger partial charge in [0.15, 0.2) is 5.82 Å². The maximum absolute atomic E-state index is 4.37. The summed E-state index contributed by atoms with van der Waals surface area (Å²) < 4.78 is 0. The number of hydrogen-bond acceptors (Lipinski definition) is 5. The molecule has 1 aliphatic heterocycles. The van der Waals surface area contributed by atoms with Crippen LogP contribution in [0, 0.1) is 0 Å². The van der Waals surface area contributed by atoms with Gasteiger partial charge in [0.2, 0.25) is 0 Å². The van der Waals surface area contributed by atoms with Gasteiger partial charge in [-0.25, -0.2) is 0 Å². The third-order valence-electron chi connectivity index (χ3n) is 2.69. The summed E-state index contributed by atoms with van der Waals surface area (Å²) in [5.41, 5.74) is 0.881. The minimum atomic E-state index is 0.260. The molecule has 1 saturated heterocycles. The van der Waals surface area contributed by atoms with E-state index in [2.05, 4.69) is 25.7 Å². The van der Waals surface area contributed by atoms with Gasteiger partial charge in [-0.05, 0) is 36.7 Å². The van der Waals surface area contributed by atoms with E-state index in [0.717, 1.165) is 24.5 Å². The smallest absolute Gasteiger partial charge is 0.192 e. The Bertz CT molecular complexity index is 459. The largest absolute Gasteiger partial charge is 0.307 e. The van der Waals surface area contributed by atoms with E-state index >= 15 is 0 Å². The van der Waals surface area contributed by atoms with Crippen LogP contribution in [0.3, 0.4) is 0 Å². The van der Waals surface area contributed by atoms with E-state index in [1.807, 2.05) is 12.1 Å². The van der Waals surface area contributed by atoms with Gasteiger partial charge in [-0.3, -0.25) is 4.98 Å². The van der Waals surface area contributed by atoms with Crippen LogP contribution in [0.4, 0.5) is 0 Å². The summed E-state index contributed by atoms with van der Waals surface area (Å²) in [5, 5.41) is 15.8. The second-order valence-corrected chi connectivity index (χ2v) is 3.79. The fourth-order valence-electron chi connectivity index (χ4n) is 1.86. The molecule has 1 atom stereocenters. The lowest BCUT2D eigenvalue weighted by Gasteiger charge is -2.02. The molecule has 1 aliphatic rings. The Morgan fingerprint density at radius 2 is 2.19 bits per heavy atom. The van der Waals surface area contributed by atoms with Gasteiger partial charge in [-0.15, -0.1) is 15.0 Å². The highest BCUT2D eigenvalue weighted by atomic mass is 15.6. The maximum Gasteiger partial charge on any atom is 0.192 e. The van der Waals surface area contributed by atoms with Crippen LogP contribution in [0.25, 0.3) is 5.69 Å². The van der Waals surface area contributed by atoms with Crippen molar-refractivity contribution in [3.05, 3.63) is 30.4 Å². The van der Waals surface area contributed by atoms with E-state index in [4.69, 9.17) is 0 Å². The van der Waals surface area contributed by atoms with Gasteiger partial charge in [0.1, 0.15) is 0 Å². The third kappa shape index (κ3) is 1.67. The molecule has 1 N–H and O–H groups in total. The molecular formula is C10H12N6. The van der Waals surface area contributed by atoms with Crippen molar-refractivity contribution in [3.63, 3.8) is 0 Å². The average molecular weight is 216 g/mol. The van der Waals surface area contributed by atoms with Crippen LogP contribution in [0.2, 0.25) is 0 Å². The fourth-order valence-corrected chi connectivity index (χ4v) is 1.86.